The number of aryl methyl sites for hydroxylation is 1. The number of sulfonamides is 1. The molecule has 160 valence electrons. The van der Waals surface area contributed by atoms with Crippen LogP contribution < -0.4 is 14.4 Å². The van der Waals surface area contributed by atoms with Gasteiger partial charge in [0.25, 0.3) is 10.0 Å². The van der Waals surface area contributed by atoms with E-state index in [4.69, 9.17) is 4.74 Å². The molecule has 31 heavy (non-hydrogen) atoms. The number of nitrogens with zero attached hydrogens (tertiary/aromatic N) is 1. The molecule has 3 aromatic carbocycles. The number of ether oxygens (including phenoxy) is 1. The summed E-state index contributed by atoms with van der Waals surface area (Å²) in [6.45, 7) is 0. The summed E-state index contributed by atoms with van der Waals surface area (Å²) in [4.78, 5) is 13.2. The van der Waals surface area contributed by atoms with Crippen LogP contribution in [-0.4, -0.2) is 27.5 Å². The second-order valence-electron chi connectivity index (χ2n) is 7.13. The third-order valence-corrected chi connectivity index (χ3v) is 7.09. The number of nitrogens with one attached hydrogen (secondary N) is 1. The first-order valence-corrected chi connectivity index (χ1v) is 11.2. The zero-order chi connectivity index (χ0) is 22.0. The van der Waals surface area contributed by atoms with Crippen LogP contribution in [0.2, 0.25) is 0 Å². The molecule has 8 heteroatoms. The number of benzene rings is 3. The van der Waals surface area contributed by atoms with Crippen molar-refractivity contribution in [2.45, 2.75) is 23.8 Å². The maximum Gasteiger partial charge on any atom is 0.265 e. The molecule has 1 aliphatic rings. The SMILES string of the molecule is COc1ccc(S(=O)(=O)N2c3ccccc3CC[C@@H]2C(=O)Nc2ccccc2F)cc1. The molecule has 1 amide bonds. The Balaban J connectivity index is 1.76. The molecule has 6 nitrogen and oxygen atoms in total. The first kappa shape index (κ1) is 20.9. The van der Waals surface area contributed by atoms with Gasteiger partial charge in [-0.15, -0.1) is 0 Å². The molecular formula is C23H21FN2O4S. The molecular weight excluding hydrogens is 419 g/mol. The molecule has 0 aliphatic carbocycles. The van der Waals surface area contributed by atoms with Crippen LogP contribution in [0.5, 0.6) is 5.75 Å². The summed E-state index contributed by atoms with van der Waals surface area (Å²) >= 11 is 0. The number of rotatable bonds is 5. The number of carbonyl (C=O) groups excluding carboxylic acids is 1. The summed E-state index contributed by atoms with van der Waals surface area (Å²) in [6, 6.07) is 17.8. The minimum Gasteiger partial charge on any atom is -0.497 e. The number of para-hydroxylation sites is 2. The van der Waals surface area contributed by atoms with Gasteiger partial charge in [-0.2, -0.15) is 0 Å². The lowest BCUT2D eigenvalue weighted by Crippen LogP contribution is -2.50. The minimum absolute atomic E-state index is 0.00755. The van der Waals surface area contributed by atoms with Gasteiger partial charge in [-0.1, -0.05) is 30.3 Å². The largest absolute Gasteiger partial charge is 0.497 e. The van der Waals surface area contributed by atoms with E-state index >= 15 is 0 Å². The maximum absolute atomic E-state index is 14.1. The lowest BCUT2D eigenvalue weighted by Gasteiger charge is -2.36. The number of carbonyl (C=O) groups is 1. The Hall–Kier alpha value is -3.39. The predicted molar refractivity (Wildman–Crippen MR) is 116 cm³/mol. The van der Waals surface area contributed by atoms with Crippen LogP contribution in [0.4, 0.5) is 15.8 Å². The third kappa shape index (κ3) is 3.98. The van der Waals surface area contributed by atoms with E-state index in [-0.39, 0.29) is 17.0 Å². The van der Waals surface area contributed by atoms with Gasteiger partial charge >= 0.3 is 0 Å². The molecule has 3 aromatic rings. The van der Waals surface area contributed by atoms with Crippen molar-refractivity contribution in [3.05, 3.63) is 84.2 Å². The fourth-order valence-corrected chi connectivity index (χ4v) is 5.37. The van der Waals surface area contributed by atoms with E-state index in [2.05, 4.69) is 5.32 Å². The zero-order valence-corrected chi connectivity index (χ0v) is 17.6. The van der Waals surface area contributed by atoms with Gasteiger partial charge in [-0.05, 0) is 60.9 Å². The summed E-state index contributed by atoms with van der Waals surface area (Å²) in [6.07, 6.45) is 0.798. The van der Waals surface area contributed by atoms with E-state index in [9.17, 15) is 17.6 Å². The fraction of sp³-hybridized carbons (Fsp3) is 0.174. The van der Waals surface area contributed by atoms with E-state index in [1.165, 1.54) is 37.4 Å². The third-order valence-electron chi connectivity index (χ3n) is 5.25. The van der Waals surface area contributed by atoms with Crippen LogP contribution in [0.15, 0.2) is 77.7 Å². The molecule has 4 rings (SSSR count). The molecule has 0 unspecified atom stereocenters. The molecule has 0 saturated heterocycles. The van der Waals surface area contributed by atoms with Crippen molar-refractivity contribution in [3.8, 4) is 5.75 Å². The van der Waals surface area contributed by atoms with Crippen LogP contribution in [0, 0.1) is 5.82 Å². The molecule has 1 N–H and O–H groups in total. The molecule has 1 atom stereocenters. The fourth-order valence-electron chi connectivity index (χ4n) is 3.69. The van der Waals surface area contributed by atoms with Gasteiger partial charge in [0.05, 0.1) is 23.4 Å². The average Bonchev–Trinajstić information content (AvgIpc) is 2.79. The number of halogens is 1. The molecule has 1 heterocycles. The molecule has 0 saturated carbocycles. The number of hydrogen-bond donors (Lipinski definition) is 1. The Morgan fingerprint density at radius 2 is 1.71 bits per heavy atom. The lowest BCUT2D eigenvalue weighted by atomic mass is 9.97. The molecule has 1 aliphatic heterocycles. The van der Waals surface area contributed by atoms with E-state index < -0.39 is 27.8 Å². The van der Waals surface area contributed by atoms with Gasteiger partial charge in [-0.3, -0.25) is 9.10 Å². The number of anilines is 2. The monoisotopic (exact) mass is 440 g/mol. The van der Waals surface area contributed by atoms with Gasteiger partial charge in [0.1, 0.15) is 17.6 Å². The lowest BCUT2D eigenvalue weighted by molar-refractivity contribution is -0.117. The minimum atomic E-state index is -4.07. The van der Waals surface area contributed by atoms with Gasteiger partial charge in [0, 0.05) is 0 Å². The van der Waals surface area contributed by atoms with Crippen molar-refractivity contribution in [1.29, 1.82) is 0 Å². The van der Waals surface area contributed by atoms with Crippen LogP contribution in [0.3, 0.4) is 0 Å². The summed E-state index contributed by atoms with van der Waals surface area (Å²) in [5, 5.41) is 2.54. The molecule has 0 aromatic heterocycles. The Morgan fingerprint density at radius 3 is 2.42 bits per heavy atom. The molecule has 0 bridgehead atoms. The topological polar surface area (TPSA) is 75.7 Å². The highest BCUT2D eigenvalue weighted by atomic mass is 32.2. The van der Waals surface area contributed by atoms with Gasteiger partial charge < -0.3 is 10.1 Å². The highest BCUT2D eigenvalue weighted by Gasteiger charge is 2.40. The predicted octanol–water partition coefficient (Wildman–Crippen LogP) is 3.98. The molecule has 0 fully saturated rings. The summed E-state index contributed by atoms with van der Waals surface area (Å²) in [7, 11) is -2.58. The summed E-state index contributed by atoms with van der Waals surface area (Å²) in [5.74, 6) is -0.653. The summed E-state index contributed by atoms with van der Waals surface area (Å²) in [5.41, 5.74) is 1.28. The first-order valence-electron chi connectivity index (χ1n) is 9.73. The van der Waals surface area contributed by atoms with Crippen LogP contribution in [0.25, 0.3) is 0 Å². The maximum atomic E-state index is 14.1. The van der Waals surface area contributed by atoms with E-state index in [1.807, 2.05) is 12.1 Å². The number of hydrogen-bond acceptors (Lipinski definition) is 4. The standard InChI is InChI=1S/C23H21FN2O4S/c1-30-17-11-13-18(14-12-17)31(28,29)26-21-9-5-2-6-16(21)10-15-22(26)23(27)25-20-8-4-3-7-19(20)24/h2-9,11-14,22H,10,15H2,1H3,(H,25,27)/t22-/m1/s1. The van der Waals surface area contributed by atoms with Crippen molar-refractivity contribution >= 4 is 27.3 Å². The highest BCUT2D eigenvalue weighted by Crippen LogP contribution is 2.36. The smallest absolute Gasteiger partial charge is 0.265 e. The van der Waals surface area contributed by atoms with E-state index in [0.29, 0.717) is 17.9 Å². The normalized spacial score (nSPS) is 15.8. The zero-order valence-electron chi connectivity index (χ0n) is 16.8. The van der Waals surface area contributed by atoms with Gasteiger partial charge in [0.2, 0.25) is 5.91 Å². The van der Waals surface area contributed by atoms with Gasteiger partial charge in [-0.25, -0.2) is 12.8 Å². The first-order chi connectivity index (χ1) is 14.9. The van der Waals surface area contributed by atoms with Crippen molar-refractivity contribution in [2.75, 3.05) is 16.7 Å². The van der Waals surface area contributed by atoms with Crippen molar-refractivity contribution in [2.24, 2.45) is 0 Å². The Labute approximate surface area is 180 Å². The summed E-state index contributed by atoms with van der Waals surface area (Å²) < 4.78 is 47.6. The van der Waals surface area contributed by atoms with E-state index in [0.717, 1.165) is 9.87 Å². The molecule has 0 radical (unpaired) electrons. The molecule has 0 spiro atoms. The Bertz CT molecular complexity index is 1210. The number of amides is 1. The van der Waals surface area contributed by atoms with Crippen molar-refractivity contribution < 1.29 is 22.3 Å². The second kappa shape index (κ2) is 8.39. The van der Waals surface area contributed by atoms with Crippen LogP contribution in [-0.2, 0) is 21.2 Å². The van der Waals surface area contributed by atoms with Crippen LogP contribution in [0.1, 0.15) is 12.0 Å². The Morgan fingerprint density at radius 1 is 1.03 bits per heavy atom. The van der Waals surface area contributed by atoms with Gasteiger partial charge in [0.15, 0.2) is 0 Å². The average molecular weight is 440 g/mol. The van der Waals surface area contributed by atoms with E-state index in [1.54, 1.807) is 30.3 Å². The number of methoxy groups -OCH3 is 1. The quantitative estimate of drug-likeness (QED) is 0.651. The second-order valence-corrected chi connectivity index (χ2v) is 8.94. The van der Waals surface area contributed by atoms with Crippen LogP contribution >= 0.6 is 0 Å². The number of fused-ring (bicyclic) bond motifs is 1. The van der Waals surface area contributed by atoms with Crippen molar-refractivity contribution in [3.63, 3.8) is 0 Å². The van der Waals surface area contributed by atoms with Crippen molar-refractivity contribution in [1.82, 2.24) is 0 Å². The Kier molecular flexibility index (Phi) is 5.65. The highest BCUT2D eigenvalue weighted by molar-refractivity contribution is 7.93.